The number of rotatable bonds is 3. The zero-order valence-electron chi connectivity index (χ0n) is 4.95. The second kappa shape index (κ2) is 3.58. The minimum absolute atomic E-state index is 0.245. The molecule has 1 unspecified atom stereocenters. The van der Waals surface area contributed by atoms with Gasteiger partial charge in [0.15, 0.2) is 6.17 Å². The highest BCUT2D eigenvalue weighted by atomic mass is 19.2. The van der Waals surface area contributed by atoms with Crippen molar-refractivity contribution in [1.82, 2.24) is 0 Å². The molecule has 0 bridgehead atoms. The molecule has 0 amide bonds. The third kappa shape index (κ3) is 2.72. The van der Waals surface area contributed by atoms with Gasteiger partial charge >= 0.3 is 0 Å². The van der Waals surface area contributed by atoms with Crippen molar-refractivity contribution in [3.8, 4) is 0 Å². The largest absolute Gasteiger partial charge is 0.240 e. The van der Waals surface area contributed by atoms with Crippen LogP contribution in [0.5, 0.6) is 0 Å². The lowest BCUT2D eigenvalue weighted by molar-refractivity contribution is 0.309. The fourth-order valence-electron chi connectivity index (χ4n) is 0.410. The highest BCUT2D eigenvalue weighted by Gasteiger charge is 2.06. The Labute approximate surface area is 48.2 Å². The molecule has 0 rings (SSSR count). The Kier molecular flexibility index (Phi) is 3.40. The van der Waals surface area contributed by atoms with E-state index in [1.165, 1.54) is 0 Å². The van der Waals surface area contributed by atoms with Crippen LogP contribution >= 0.6 is 0 Å². The molecule has 8 heavy (non-hydrogen) atoms. The predicted octanol–water partition coefficient (Wildman–Crippen LogP) is 2.61. The zero-order chi connectivity index (χ0) is 6.57. The summed E-state index contributed by atoms with van der Waals surface area (Å²) in [4.78, 5) is 0. The van der Waals surface area contributed by atoms with E-state index in [4.69, 9.17) is 0 Å². The molecule has 0 spiro atoms. The van der Waals surface area contributed by atoms with Gasteiger partial charge in [-0.15, -0.1) is 0 Å². The summed E-state index contributed by atoms with van der Waals surface area (Å²) >= 11 is 0. The van der Waals surface area contributed by atoms with E-state index in [1.54, 1.807) is 6.92 Å². The minimum Gasteiger partial charge on any atom is -0.240 e. The van der Waals surface area contributed by atoms with Crippen LogP contribution < -0.4 is 0 Å². The van der Waals surface area contributed by atoms with Crippen LogP contribution in [0.2, 0.25) is 0 Å². The fourth-order valence-corrected chi connectivity index (χ4v) is 0.410. The van der Waals surface area contributed by atoms with Crippen molar-refractivity contribution in [2.24, 2.45) is 0 Å². The zero-order valence-corrected chi connectivity index (χ0v) is 4.95. The number of allylic oxidation sites excluding steroid dienone is 1. The van der Waals surface area contributed by atoms with E-state index in [0.717, 1.165) is 0 Å². The first-order chi connectivity index (χ1) is 3.68. The van der Waals surface area contributed by atoms with Gasteiger partial charge in [-0.05, 0) is 6.42 Å². The lowest BCUT2D eigenvalue weighted by atomic mass is 10.2. The predicted molar refractivity (Wildman–Crippen MR) is 30.1 cm³/mol. The highest BCUT2D eigenvalue weighted by molar-refractivity contribution is 4.89. The second-order valence-electron chi connectivity index (χ2n) is 1.70. The Morgan fingerprint density at radius 1 is 1.75 bits per heavy atom. The van der Waals surface area contributed by atoms with Crippen LogP contribution in [0.1, 0.15) is 19.8 Å². The molecule has 0 heterocycles. The Bertz CT molecular complexity index is 78.6. The van der Waals surface area contributed by atoms with Crippen LogP contribution in [-0.2, 0) is 0 Å². The van der Waals surface area contributed by atoms with Crippen molar-refractivity contribution in [2.45, 2.75) is 25.9 Å². The van der Waals surface area contributed by atoms with Gasteiger partial charge in [-0.2, -0.15) is 0 Å². The molecule has 48 valence electrons. The van der Waals surface area contributed by atoms with Crippen molar-refractivity contribution in [3.05, 3.63) is 12.4 Å². The summed E-state index contributed by atoms with van der Waals surface area (Å²) in [6, 6.07) is 0. The van der Waals surface area contributed by atoms with Gasteiger partial charge in [0.2, 0.25) is 0 Å². The standard InChI is InChI=1S/C6H10F2/c1-3-4-6(8)5(2)7/h6H,2-4H2,1H3. The third-order valence-electron chi connectivity index (χ3n) is 0.882. The molecule has 0 aliphatic heterocycles. The minimum atomic E-state index is -1.44. The Morgan fingerprint density at radius 3 is 2.38 bits per heavy atom. The van der Waals surface area contributed by atoms with Gasteiger partial charge in [0.05, 0.1) is 0 Å². The summed E-state index contributed by atoms with van der Waals surface area (Å²) in [7, 11) is 0. The first kappa shape index (κ1) is 7.60. The summed E-state index contributed by atoms with van der Waals surface area (Å²) in [6.07, 6.45) is -0.542. The first-order valence-electron chi connectivity index (χ1n) is 2.66. The Balaban J connectivity index is 3.32. The van der Waals surface area contributed by atoms with Gasteiger partial charge in [-0.1, -0.05) is 19.9 Å². The normalized spacial score (nSPS) is 13.4. The molecule has 0 aromatic carbocycles. The molecule has 0 N–H and O–H groups in total. The van der Waals surface area contributed by atoms with E-state index >= 15 is 0 Å². The second-order valence-corrected chi connectivity index (χ2v) is 1.70. The molecular formula is C6H10F2. The van der Waals surface area contributed by atoms with Crippen molar-refractivity contribution in [1.29, 1.82) is 0 Å². The van der Waals surface area contributed by atoms with Crippen LogP contribution in [0.4, 0.5) is 8.78 Å². The fraction of sp³-hybridized carbons (Fsp3) is 0.667. The first-order valence-corrected chi connectivity index (χ1v) is 2.66. The van der Waals surface area contributed by atoms with Gasteiger partial charge in [-0.3, -0.25) is 0 Å². The third-order valence-corrected chi connectivity index (χ3v) is 0.882. The molecule has 0 aromatic rings. The Hall–Kier alpha value is -0.400. The monoisotopic (exact) mass is 120 g/mol. The van der Waals surface area contributed by atoms with E-state index in [0.29, 0.717) is 6.42 Å². The molecule has 1 atom stereocenters. The maximum absolute atomic E-state index is 12.1. The van der Waals surface area contributed by atoms with E-state index in [-0.39, 0.29) is 6.42 Å². The lowest BCUT2D eigenvalue weighted by Crippen LogP contribution is -1.97. The summed E-state index contributed by atoms with van der Waals surface area (Å²) in [5.74, 6) is -0.855. The number of halogens is 2. The van der Waals surface area contributed by atoms with Crippen LogP contribution in [-0.4, -0.2) is 6.17 Å². The van der Waals surface area contributed by atoms with Gasteiger partial charge in [0.1, 0.15) is 5.83 Å². The topological polar surface area (TPSA) is 0 Å². The van der Waals surface area contributed by atoms with E-state index in [1.807, 2.05) is 0 Å². The molecule has 0 saturated carbocycles. The summed E-state index contributed by atoms with van der Waals surface area (Å²) in [6.45, 7) is 4.63. The molecule has 2 heteroatoms. The average Bonchev–Trinajstić information content (AvgIpc) is 1.67. The van der Waals surface area contributed by atoms with Crippen molar-refractivity contribution in [3.63, 3.8) is 0 Å². The summed E-state index contributed by atoms with van der Waals surface area (Å²) < 4.78 is 23.8. The smallest absolute Gasteiger partial charge is 0.151 e. The molecule has 0 fully saturated rings. The van der Waals surface area contributed by atoms with Crippen LogP contribution in [0.25, 0.3) is 0 Å². The Morgan fingerprint density at radius 2 is 2.25 bits per heavy atom. The number of hydrogen-bond acceptors (Lipinski definition) is 0. The van der Waals surface area contributed by atoms with E-state index in [2.05, 4.69) is 6.58 Å². The molecule has 0 nitrogen and oxygen atoms in total. The van der Waals surface area contributed by atoms with Crippen LogP contribution in [0.15, 0.2) is 12.4 Å². The van der Waals surface area contributed by atoms with Gasteiger partial charge in [-0.25, -0.2) is 8.78 Å². The van der Waals surface area contributed by atoms with Gasteiger partial charge < -0.3 is 0 Å². The quantitative estimate of drug-likeness (QED) is 0.537. The number of hydrogen-bond donors (Lipinski definition) is 0. The van der Waals surface area contributed by atoms with Crippen LogP contribution in [0, 0.1) is 0 Å². The molecule has 0 saturated heterocycles. The van der Waals surface area contributed by atoms with Crippen molar-refractivity contribution in [2.75, 3.05) is 0 Å². The number of alkyl halides is 1. The maximum Gasteiger partial charge on any atom is 0.151 e. The molecule has 0 aliphatic rings. The van der Waals surface area contributed by atoms with Crippen molar-refractivity contribution >= 4 is 0 Å². The highest BCUT2D eigenvalue weighted by Crippen LogP contribution is 2.10. The maximum atomic E-state index is 12.1. The average molecular weight is 120 g/mol. The van der Waals surface area contributed by atoms with Gasteiger partial charge in [0.25, 0.3) is 0 Å². The molecular weight excluding hydrogens is 110 g/mol. The van der Waals surface area contributed by atoms with E-state index in [9.17, 15) is 8.78 Å². The van der Waals surface area contributed by atoms with Gasteiger partial charge in [0, 0.05) is 0 Å². The molecule has 0 radical (unpaired) electrons. The summed E-state index contributed by atoms with van der Waals surface area (Å²) in [5, 5.41) is 0. The molecule has 0 aromatic heterocycles. The molecule has 0 aliphatic carbocycles. The van der Waals surface area contributed by atoms with E-state index < -0.39 is 12.0 Å². The summed E-state index contributed by atoms with van der Waals surface area (Å²) in [5.41, 5.74) is 0. The SMILES string of the molecule is C=C(F)C(F)CCC. The lowest BCUT2D eigenvalue weighted by Gasteiger charge is -1.99. The van der Waals surface area contributed by atoms with Crippen molar-refractivity contribution < 1.29 is 8.78 Å². The van der Waals surface area contributed by atoms with Crippen LogP contribution in [0.3, 0.4) is 0 Å².